The van der Waals surface area contributed by atoms with E-state index in [1.54, 1.807) is 0 Å². The van der Waals surface area contributed by atoms with E-state index in [1.807, 2.05) is 31.2 Å². The van der Waals surface area contributed by atoms with Gasteiger partial charge in [-0.3, -0.25) is 0 Å². The van der Waals surface area contributed by atoms with Crippen LogP contribution < -0.4 is 0 Å². The summed E-state index contributed by atoms with van der Waals surface area (Å²) in [6.07, 6.45) is 0. The van der Waals surface area contributed by atoms with Crippen molar-refractivity contribution in [1.29, 1.82) is 0 Å². The predicted molar refractivity (Wildman–Crippen MR) is 45.1 cm³/mol. The quantitative estimate of drug-likeness (QED) is 0.675. The number of hydrogen-bond acceptors (Lipinski definition) is 1. The van der Waals surface area contributed by atoms with Crippen molar-refractivity contribution in [2.45, 2.75) is 13.5 Å². The van der Waals surface area contributed by atoms with E-state index < -0.39 is 0 Å². The highest BCUT2D eigenvalue weighted by atomic mass is 35.5. The summed E-state index contributed by atoms with van der Waals surface area (Å²) in [5.74, 6) is 0. The van der Waals surface area contributed by atoms with Crippen molar-refractivity contribution in [3.05, 3.63) is 41.5 Å². The summed E-state index contributed by atoms with van der Waals surface area (Å²) >= 11 is 5.11. The van der Waals surface area contributed by atoms with Crippen LogP contribution in [-0.2, 0) is 11.3 Å². The van der Waals surface area contributed by atoms with Gasteiger partial charge in [-0.2, -0.15) is 0 Å². The Bertz CT molecular complexity index is 205. The first-order valence-electron chi connectivity index (χ1n) is 3.36. The number of halogens is 1. The minimum Gasteiger partial charge on any atom is -0.347 e. The highest BCUT2D eigenvalue weighted by Crippen LogP contribution is 2.05. The van der Waals surface area contributed by atoms with Gasteiger partial charge in [-0.1, -0.05) is 41.4 Å². The lowest BCUT2D eigenvalue weighted by Gasteiger charge is -1.99. The number of aryl methyl sites for hydroxylation is 1. The van der Waals surface area contributed by atoms with E-state index in [4.69, 9.17) is 16.3 Å². The lowest BCUT2D eigenvalue weighted by atomic mass is 10.2. The van der Waals surface area contributed by atoms with Gasteiger partial charge in [0.1, 0.15) is 0 Å². The first kappa shape index (κ1) is 8.57. The fourth-order valence-corrected chi connectivity index (χ4v) is 0.849. The van der Waals surface area contributed by atoms with Crippen LogP contribution in [0.3, 0.4) is 0 Å². The van der Waals surface area contributed by atoms with Crippen molar-refractivity contribution in [3.8, 4) is 0 Å². The molecule has 2 radical (unpaired) electrons. The topological polar surface area (TPSA) is 9.23 Å². The molecule has 1 aromatic rings. The van der Waals surface area contributed by atoms with E-state index in [0.29, 0.717) is 6.61 Å². The van der Waals surface area contributed by atoms with Crippen LogP contribution in [0.4, 0.5) is 0 Å². The molecule has 0 aliphatic carbocycles. The van der Waals surface area contributed by atoms with Gasteiger partial charge < -0.3 is 4.74 Å². The Morgan fingerprint density at radius 1 is 1.36 bits per heavy atom. The van der Waals surface area contributed by atoms with Crippen molar-refractivity contribution >= 4 is 11.6 Å². The molecule has 1 rings (SSSR count). The Morgan fingerprint density at radius 2 is 2.00 bits per heavy atom. The molecule has 0 unspecified atom stereocenters. The molecule has 11 heavy (non-hydrogen) atoms. The van der Waals surface area contributed by atoms with Gasteiger partial charge in [0.15, 0.2) is 0 Å². The Kier molecular flexibility index (Phi) is 3.40. The minimum absolute atomic E-state index is 0.490. The van der Waals surface area contributed by atoms with Gasteiger partial charge in [0.05, 0.1) is 6.61 Å². The first-order valence-corrected chi connectivity index (χ1v) is 3.73. The van der Waals surface area contributed by atoms with Crippen LogP contribution in [-0.4, -0.2) is 0 Å². The van der Waals surface area contributed by atoms with Crippen molar-refractivity contribution < 1.29 is 4.74 Å². The molecule has 0 aromatic heterocycles. The Balaban J connectivity index is 2.52. The van der Waals surface area contributed by atoms with Crippen molar-refractivity contribution in [2.75, 3.05) is 0 Å². The van der Waals surface area contributed by atoms with Crippen molar-refractivity contribution in [2.24, 2.45) is 0 Å². The summed E-state index contributed by atoms with van der Waals surface area (Å²) in [6.45, 7) is 2.54. The monoisotopic (exact) mass is 168 g/mol. The van der Waals surface area contributed by atoms with E-state index >= 15 is 0 Å². The molecule has 0 aliphatic rings. The number of hydrogen-bond donors (Lipinski definition) is 0. The maximum atomic E-state index is 5.11. The van der Waals surface area contributed by atoms with Crippen LogP contribution >= 0.6 is 11.6 Å². The fraction of sp³-hybridized carbons (Fsp3) is 0.222. The molecule has 0 atom stereocenters. The van der Waals surface area contributed by atoms with E-state index in [1.165, 1.54) is 5.56 Å². The predicted octanol–water partition coefficient (Wildman–Crippen LogP) is 2.75. The second-order valence-electron chi connectivity index (χ2n) is 2.35. The lowest BCUT2D eigenvalue weighted by molar-refractivity contribution is 0.214. The molecule has 1 nitrogen and oxygen atoms in total. The molecule has 2 heteroatoms. The summed E-state index contributed by atoms with van der Waals surface area (Å²) in [6, 6.07) is 10.2. The van der Waals surface area contributed by atoms with E-state index in [2.05, 4.69) is 6.07 Å². The standard InChI is InChI=1S/C9H9ClO/c1-8-2-4-9(5-3-8)6-11-7-10/h2-5H,6H2,1H3. The molecule has 0 spiro atoms. The summed E-state index contributed by atoms with van der Waals surface area (Å²) in [5.41, 5.74) is 2.34. The molecule has 0 saturated carbocycles. The largest absolute Gasteiger partial charge is 0.347 e. The first-order chi connectivity index (χ1) is 5.33. The molecule has 0 heterocycles. The molecule has 1 aromatic carbocycles. The molecule has 0 N–H and O–H groups in total. The Morgan fingerprint density at radius 3 is 2.55 bits per heavy atom. The molecular weight excluding hydrogens is 160 g/mol. The van der Waals surface area contributed by atoms with Crippen LogP contribution in [0.15, 0.2) is 24.3 Å². The van der Waals surface area contributed by atoms with Gasteiger partial charge in [0, 0.05) is 0 Å². The fourth-order valence-electron chi connectivity index (χ4n) is 0.795. The van der Waals surface area contributed by atoms with Gasteiger partial charge in [-0.15, -0.1) is 0 Å². The van der Waals surface area contributed by atoms with E-state index in [9.17, 15) is 0 Å². The van der Waals surface area contributed by atoms with Gasteiger partial charge in [-0.25, -0.2) is 0 Å². The Labute approximate surface area is 71.9 Å². The maximum Gasteiger partial charge on any atom is 0.237 e. The zero-order valence-corrected chi connectivity index (χ0v) is 7.06. The molecule has 0 bridgehead atoms. The van der Waals surface area contributed by atoms with Gasteiger partial charge in [0.2, 0.25) is 6.07 Å². The molecule has 0 aliphatic heterocycles. The van der Waals surface area contributed by atoms with Gasteiger partial charge in [0.25, 0.3) is 0 Å². The van der Waals surface area contributed by atoms with Crippen molar-refractivity contribution in [3.63, 3.8) is 0 Å². The van der Waals surface area contributed by atoms with Gasteiger partial charge >= 0.3 is 0 Å². The lowest BCUT2D eigenvalue weighted by Crippen LogP contribution is -1.86. The third kappa shape index (κ3) is 2.91. The third-order valence-corrected chi connectivity index (χ3v) is 1.52. The summed E-state index contributed by atoms with van der Waals surface area (Å²) < 4.78 is 4.77. The van der Waals surface area contributed by atoms with Crippen LogP contribution in [0.5, 0.6) is 0 Å². The van der Waals surface area contributed by atoms with E-state index in [0.717, 1.165) is 5.56 Å². The number of ether oxygens (including phenoxy) is 1. The smallest absolute Gasteiger partial charge is 0.237 e. The minimum atomic E-state index is 0.490. The zero-order chi connectivity index (χ0) is 8.10. The highest BCUT2D eigenvalue weighted by Gasteiger charge is 1.91. The summed E-state index contributed by atoms with van der Waals surface area (Å²) in [7, 11) is 0. The SMILES string of the molecule is Cc1ccc(CO[C]Cl)cc1. The van der Waals surface area contributed by atoms with E-state index in [-0.39, 0.29) is 0 Å². The van der Waals surface area contributed by atoms with Crippen LogP contribution in [0, 0.1) is 13.0 Å². The number of rotatable bonds is 3. The normalized spacial score (nSPS) is 10.0. The molecule has 0 amide bonds. The summed E-state index contributed by atoms with van der Waals surface area (Å²) in [4.78, 5) is 0. The second kappa shape index (κ2) is 4.37. The molecular formula is C9H9ClO. The molecule has 58 valence electrons. The maximum absolute atomic E-state index is 5.11. The highest BCUT2D eigenvalue weighted by molar-refractivity contribution is 6.21. The second-order valence-corrected chi connectivity index (χ2v) is 2.51. The number of benzene rings is 1. The molecule has 0 saturated heterocycles. The van der Waals surface area contributed by atoms with Crippen LogP contribution in [0.25, 0.3) is 0 Å². The average Bonchev–Trinajstić information content (AvgIpc) is 2.04. The Hall–Kier alpha value is -0.530. The van der Waals surface area contributed by atoms with Crippen molar-refractivity contribution in [1.82, 2.24) is 0 Å². The third-order valence-electron chi connectivity index (χ3n) is 1.41. The van der Waals surface area contributed by atoms with Crippen LogP contribution in [0.2, 0.25) is 0 Å². The zero-order valence-electron chi connectivity index (χ0n) is 6.30. The average molecular weight is 169 g/mol. The van der Waals surface area contributed by atoms with Gasteiger partial charge in [-0.05, 0) is 12.5 Å². The van der Waals surface area contributed by atoms with Crippen LogP contribution in [0.1, 0.15) is 11.1 Å². The summed E-state index contributed by atoms with van der Waals surface area (Å²) in [5, 5.41) is 0. The molecule has 0 fully saturated rings.